The van der Waals surface area contributed by atoms with E-state index in [1.54, 1.807) is 25.2 Å². The smallest absolute Gasteiger partial charge is 0.253 e. The van der Waals surface area contributed by atoms with Gasteiger partial charge in [0.25, 0.3) is 5.56 Å². The van der Waals surface area contributed by atoms with Crippen molar-refractivity contribution in [3.63, 3.8) is 0 Å². The van der Waals surface area contributed by atoms with Gasteiger partial charge in [0.05, 0.1) is 39.0 Å². The fourth-order valence-corrected chi connectivity index (χ4v) is 3.63. The van der Waals surface area contributed by atoms with E-state index in [-0.39, 0.29) is 24.8 Å². The second kappa shape index (κ2) is 9.91. The third kappa shape index (κ3) is 5.17. The van der Waals surface area contributed by atoms with Gasteiger partial charge in [0.1, 0.15) is 0 Å². The van der Waals surface area contributed by atoms with Gasteiger partial charge in [0.15, 0.2) is 16.6 Å². The zero-order valence-electron chi connectivity index (χ0n) is 16.7. The molecule has 29 heavy (non-hydrogen) atoms. The molecule has 1 aliphatic heterocycles. The Morgan fingerprint density at radius 2 is 2.10 bits per heavy atom. The van der Waals surface area contributed by atoms with Crippen molar-refractivity contribution >= 4 is 28.2 Å². The first-order valence-corrected chi connectivity index (χ1v) is 9.99. The van der Waals surface area contributed by atoms with Crippen LogP contribution in [0.2, 0.25) is 0 Å². The maximum Gasteiger partial charge on any atom is 0.253 e. The van der Waals surface area contributed by atoms with Crippen molar-refractivity contribution < 1.29 is 19.3 Å². The minimum atomic E-state index is -0.213. The van der Waals surface area contributed by atoms with Crippen molar-refractivity contribution in [2.75, 3.05) is 40.5 Å². The number of aromatic nitrogens is 1. The first kappa shape index (κ1) is 21.4. The van der Waals surface area contributed by atoms with Crippen LogP contribution in [-0.2, 0) is 11.3 Å². The molecule has 158 valence electrons. The number of H-pyrrole nitrogens is 1. The Bertz CT molecular complexity index is 911. The zero-order chi connectivity index (χ0) is 20.8. The highest BCUT2D eigenvalue weighted by molar-refractivity contribution is 7.80. The number of nitrogens with one attached hydrogen (secondary N) is 2. The maximum absolute atomic E-state index is 12.6. The predicted octanol–water partition coefficient (Wildman–Crippen LogP) is 1.39. The van der Waals surface area contributed by atoms with Crippen LogP contribution in [0, 0.1) is 0 Å². The van der Waals surface area contributed by atoms with E-state index in [9.17, 15) is 9.90 Å². The summed E-state index contributed by atoms with van der Waals surface area (Å²) in [5.74, 6) is 1.13. The Labute approximate surface area is 174 Å². The molecule has 0 saturated carbocycles. The van der Waals surface area contributed by atoms with E-state index in [0.717, 1.165) is 24.8 Å². The number of nitrogens with zero attached hydrogens (tertiary/aromatic N) is 1. The van der Waals surface area contributed by atoms with Crippen molar-refractivity contribution in [1.29, 1.82) is 0 Å². The number of pyridine rings is 1. The first-order chi connectivity index (χ1) is 14.0. The van der Waals surface area contributed by atoms with Crippen LogP contribution in [0.15, 0.2) is 23.0 Å². The lowest BCUT2D eigenvalue weighted by Gasteiger charge is -2.26. The van der Waals surface area contributed by atoms with E-state index < -0.39 is 0 Å². The summed E-state index contributed by atoms with van der Waals surface area (Å²) in [5.41, 5.74) is 0.984. The third-order valence-electron chi connectivity index (χ3n) is 4.95. The summed E-state index contributed by atoms with van der Waals surface area (Å²) in [7, 11) is 3.12. The first-order valence-electron chi connectivity index (χ1n) is 9.59. The average Bonchev–Trinajstić information content (AvgIpc) is 3.24. The molecular weight excluding hydrogens is 394 g/mol. The number of fused-ring (bicyclic) bond motifs is 1. The Morgan fingerprint density at radius 1 is 1.34 bits per heavy atom. The second-order valence-electron chi connectivity index (χ2n) is 6.88. The van der Waals surface area contributed by atoms with Crippen molar-refractivity contribution in [3.05, 3.63) is 34.1 Å². The zero-order valence-corrected chi connectivity index (χ0v) is 17.5. The number of ether oxygens (including phenoxy) is 3. The van der Waals surface area contributed by atoms with Gasteiger partial charge in [-0.25, -0.2) is 0 Å². The Kier molecular flexibility index (Phi) is 7.29. The van der Waals surface area contributed by atoms with Crippen molar-refractivity contribution in [2.45, 2.75) is 25.5 Å². The summed E-state index contributed by atoms with van der Waals surface area (Å²) in [4.78, 5) is 17.3. The molecule has 0 spiro atoms. The molecule has 3 rings (SSSR count). The predicted molar refractivity (Wildman–Crippen MR) is 115 cm³/mol. The molecule has 0 aliphatic carbocycles. The number of thiocarbonyl (C=S) groups is 1. The van der Waals surface area contributed by atoms with E-state index in [0.29, 0.717) is 40.8 Å². The standard InChI is InChI=1S/C20H27N3O5S/c1-26-17-9-13-8-14(19(25)22-16(13)10-18(17)27-2)12-23(5-6-24)20(29)21-11-15-4-3-7-28-15/h8-10,15,24H,3-7,11-12H2,1-2H3,(H,21,29)(H,22,25)/t15-/m0/s1. The van der Waals surface area contributed by atoms with Crippen molar-refractivity contribution in [2.24, 2.45) is 0 Å². The molecule has 9 heteroatoms. The van der Waals surface area contributed by atoms with Gasteiger partial charge in [-0.2, -0.15) is 0 Å². The van der Waals surface area contributed by atoms with Crippen molar-refractivity contribution in [3.8, 4) is 11.5 Å². The lowest BCUT2D eigenvalue weighted by Crippen LogP contribution is -2.44. The van der Waals surface area contributed by atoms with Crippen LogP contribution in [0.4, 0.5) is 0 Å². The normalized spacial score (nSPS) is 16.0. The van der Waals surface area contributed by atoms with E-state index in [2.05, 4.69) is 10.3 Å². The second-order valence-corrected chi connectivity index (χ2v) is 7.27. The van der Waals surface area contributed by atoms with Gasteiger partial charge < -0.3 is 34.5 Å². The minimum Gasteiger partial charge on any atom is -0.493 e. The topological polar surface area (TPSA) is 96.0 Å². The summed E-state index contributed by atoms with van der Waals surface area (Å²) in [6.45, 7) is 1.92. The molecule has 2 aromatic rings. The summed E-state index contributed by atoms with van der Waals surface area (Å²) in [6, 6.07) is 5.36. The maximum atomic E-state index is 12.6. The van der Waals surface area contributed by atoms with E-state index >= 15 is 0 Å². The van der Waals surface area contributed by atoms with E-state index in [4.69, 9.17) is 26.4 Å². The number of methoxy groups -OCH3 is 2. The molecule has 1 aromatic heterocycles. The fraction of sp³-hybridized carbons (Fsp3) is 0.500. The van der Waals surface area contributed by atoms with Gasteiger partial charge in [-0.1, -0.05) is 0 Å². The van der Waals surface area contributed by atoms with Crippen LogP contribution in [0.3, 0.4) is 0 Å². The van der Waals surface area contributed by atoms with E-state index in [1.165, 1.54) is 0 Å². The van der Waals surface area contributed by atoms with Crippen LogP contribution in [0.5, 0.6) is 11.5 Å². The van der Waals surface area contributed by atoms with Crippen LogP contribution < -0.4 is 20.3 Å². The van der Waals surface area contributed by atoms with E-state index in [1.807, 2.05) is 12.1 Å². The molecule has 8 nitrogen and oxygen atoms in total. The van der Waals surface area contributed by atoms with Crippen LogP contribution >= 0.6 is 12.2 Å². The molecule has 3 N–H and O–H groups in total. The number of rotatable bonds is 8. The lowest BCUT2D eigenvalue weighted by molar-refractivity contribution is 0.113. The van der Waals surface area contributed by atoms with Crippen LogP contribution in [0.1, 0.15) is 18.4 Å². The molecule has 0 radical (unpaired) electrons. The molecule has 1 atom stereocenters. The highest BCUT2D eigenvalue weighted by Crippen LogP contribution is 2.31. The van der Waals surface area contributed by atoms with Gasteiger partial charge in [-0.05, 0) is 37.2 Å². The molecule has 0 amide bonds. The summed E-state index contributed by atoms with van der Waals surface area (Å²) in [5, 5.41) is 13.9. The quantitative estimate of drug-likeness (QED) is 0.551. The van der Waals surface area contributed by atoms with Gasteiger partial charge in [-0.15, -0.1) is 0 Å². The van der Waals surface area contributed by atoms with Crippen LogP contribution in [-0.4, -0.2) is 66.7 Å². The van der Waals surface area contributed by atoms with Gasteiger partial charge >= 0.3 is 0 Å². The molecule has 1 fully saturated rings. The monoisotopic (exact) mass is 421 g/mol. The highest BCUT2D eigenvalue weighted by Gasteiger charge is 2.18. The molecule has 1 saturated heterocycles. The van der Waals surface area contributed by atoms with Gasteiger partial charge in [0, 0.05) is 36.7 Å². The molecular formula is C20H27N3O5S. The highest BCUT2D eigenvalue weighted by atomic mass is 32.1. The lowest BCUT2D eigenvalue weighted by atomic mass is 10.1. The molecule has 0 unspecified atom stereocenters. The molecule has 0 bridgehead atoms. The Hall–Kier alpha value is -2.36. The summed E-state index contributed by atoms with van der Waals surface area (Å²) in [6.07, 6.45) is 2.21. The number of hydrogen-bond acceptors (Lipinski definition) is 6. The molecule has 1 aliphatic rings. The summed E-state index contributed by atoms with van der Waals surface area (Å²) < 4.78 is 16.2. The number of benzene rings is 1. The molecule has 1 aromatic carbocycles. The number of hydrogen-bond donors (Lipinski definition) is 3. The Balaban J connectivity index is 1.80. The number of aliphatic hydroxyl groups excluding tert-OH is 1. The SMILES string of the molecule is COc1cc2cc(CN(CCO)C(=S)NC[C@@H]3CCCO3)c(=O)[nH]c2cc1OC. The largest absolute Gasteiger partial charge is 0.493 e. The average molecular weight is 422 g/mol. The fourth-order valence-electron chi connectivity index (χ4n) is 3.39. The Morgan fingerprint density at radius 3 is 2.76 bits per heavy atom. The van der Waals surface area contributed by atoms with Gasteiger partial charge in [-0.3, -0.25) is 4.79 Å². The molecule has 2 heterocycles. The number of aromatic amines is 1. The van der Waals surface area contributed by atoms with Crippen molar-refractivity contribution in [1.82, 2.24) is 15.2 Å². The van der Waals surface area contributed by atoms with Gasteiger partial charge in [0.2, 0.25) is 0 Å². The third-order valence-corrected chi connectivity index (χ3v) is 5.35. The minimum absolute atomic E-state index is 0.0712. The van der Waals surface area contributed by atoms with Crippen LogP contribution in [0.25, 0.3) is 10.9 Å². The number of aliphatic hydroxyl groups is 1. The summed E-state index contributed by atoms with van der Waals surface area (Å²) >= 11 is 5.49.